The van der Waals surface area contributed by atoms with E-state index in [0.717, 1.165) is 5.56 Å². The SMILES string of the molecule is Cc1cnc2c(c1)N(C(=O)c1nn(C)cc1Br)CCO2. The Morgan fingerprint density at radius 2 is 2.30 bits per heavy atom. The Bertz CT molecular complexity index is 683. The maximum Gasteiger partial charge on any atom is 0.280 e. The molecule has 0 unspecified atom stereocenters. The van der Waals surface area contributed by atoms with Gasteiger partial charge in [0.15, 0.2) is 5.69 Å². The van der Waals surface area contributed by atoms with Gasteiger partial charge in [-0.25, -0.2) is 4.98 Å². The third-order valence-corrected chi connectivity index (χ3v) is 3.63. The van der Waals surface area contributed by atoms with Crippen LogP contribution in [0.1, 0.15) is 16.1 Å². The minimum atomic E-state index is -0.158. The molecule has 0 aliphatic carbocycles. The first-order chi connectivity index (χ1) is 9.56. The third kappa shape index (κ3) is 2.18. The van der Waals surface area contributed by atoms with Crippen molar-refractivity contribution in [2.24, 2.45) is 7.05 Å². The van der Waals surface area contributed by atoms with Gasteiger partial charge in [0.05, 0.1) is 11.0 Å². The number of halogens is 1. The van der Waals surface area contributed by atoms with Crippen molar-refractivity contribution in [3.05, 3.63) is 34.2 Å². The summed E-state index contributed by atoms with van der Waals surface area (Å²) < 4.78 is 7.77. The third-order valence-electron chi connectivity index (χ3n) is 3.05. The Kier molecular flexibility index (Phi) is 3.21. The molecule has 20 heavy (non-hydrogen) atoms. The molecule has 0 fully saturated rings. The first kappa shape index (κ1) is 13.1. The number of fused-ring (bicyclic) bond motifs is 1. The number of hydrogen-bond donors (Lipinski definition) is 0. The molecule has 6 nitrogen and oxygen atoms in total. The molecule has 0 spiro atoms. The Labute approximate surface area is 124 Å². The summed E-state index contributed by atoms with van der Waals surface area (Å²) in [6.07, 6.45) is 3.48. The highest BCUT2D eigenvalue weighted by atomic mass is 79.9. The van der Waals surface area contributed by atoms with Crippen molar-refractivity contribution < 1.29 is 9.53 Å². The average molecular weight is 337 g/mol. The Hall–Kier alpha value is -1.89. The molecule has 0 bridgehead atoms. The lowest BCUT2D eigenvalue weighted by atomic mass is 10.2. The van der Waals surface area contributed by atoms with E-state index in [1.54, 1.807) is 29.0 Å². The van der Waals surface area contributed by atoms with Gasteiger partial charge in [-0.15, -0.1) is 0 Å². The molecule has 0 N–H and O–H groups in total. The molecule has 1 aliphatic rings. The van der Waals surface area contributed by atoms with E-state index in [0.29, 0.717) is 34.9 Å². The van der Waals surface area contributed by atoms with E-state index in [-0.39, 0.29) is 5.91 Å². The van der Waals surface area contributed by atoms with Crippen LogP contribution in [0.15, 0.2) is 22.9 Å². The number of pyridine rings is 1. The highest BCUT2D eigenvalue weighted by molar-refractivity contribution is 9.10. The summed E-state index contributed by atoms with van der Waals surface area (Å²) in [5.41, 5.74) is 2.06. The summed E-state index contributed by atoms with van der Waals surface area (Å²) in [4.78, 5) is 18.5. The minimum absolute atomic E-state index is 0.158. The fourth-order valence-electron chi connectivity index (χ4n) is 2.14. The number of carbonyl (C=O) groups is 1. The Balaban J connectivity index is 2.02. The quantitative estimate of drug-likeness (QED) is 0.798. The van der Waals surface area contributed by atoms with Crippen molar-refractivity contribution >= 4 is 27.5 Å². The van der Waals surface area contributed by atoms with Crippen molar-refractivity contribution in [3.8, 4) is 5.88 Å². The molecule has 104 valence electrons. The normalized spacial score (nSPS) is 13.8. The van der Waals surface area contributed by atoms with Crippen molar-refractivity contribution in [1.82, 2.24) is 14.8 Å². The highest BCUT2D eigenvalue weighted by Gasteiger charge is 2.28. The van der Waals surface area contributed by atoms with Gasteiger partial charge in [-0.2, -0.15) is 5.10 Å². The van der Waals surface area contributed by atoms with Gasteiger partial charge in [0, 0.05) is 19.4 Å². The van der Waals surface area contributed by atoms with Crippen molar-refractivity contribution in [2.75, 3.05) is 18.1 Å². The molecule has 0 radical (unpaired) electrons. The second kappa shape index (κ2) is 4.90. The monoisotopic (exact) mass is 336 g/mol. The molecule has 2 aromatic rings. The zero-order valence-electron chi connectivity index (χ0n) is 11.1. The summed E-state index contributed by atoms with van der Waals surface area (Å²) in [5.74, 6) is 0.330. The van der Waals surface area contributed by atoms with E-state index in [1.165, 1.54) is 0 Å². The first-order valence-corrected chi connectivity index (χ1v) is 6.96. The number of rotatable bonds is 1. The lowest BCUT2D eigenvalue weighted by Gasteiger charge is -2.28. The van der Waals surface area contributed by atoms with Gasteiger partial charge in [0.1, 0.15) is 12.3 Å². The number of aromatic nitrogens is 3. The maximum atomic E-state index is 12.6. The van der Waals surface area contributed by atoms with Gasteiger partial charge in [0.2, 0.25) is 5.88 Å². The molecule has 0 atom stereocenters. The van der Waals surface area contributed by atoms with Gasteiger partial charge in [-0.3, -0.25) is 14.4 Å². The van der Waals surface area contributed by atoms with Crippen LogP contribution in [-0.4, -0.2) is 33.8 Å². The van der Waals surface area contributed by atoms with Gasteiger partial charge in [0.25, 0.3) is 5.91 Å². The molecule has 7 heteroatoms. The smallest absolute Gasteiger partial charge is 0.280 e. The van der Waals surface area contributed by atoms with Crippen LogP contribution in [0, 0.1) is 6.92 Å². The van der Waals surface area contributed by atoms with Crippen LogP contribution in [0.5, 0.6) is 5.88 Å². The maximum absolute atomic E-state index is 12.6. The Morgan fingerprint density at radius 3 is 3.00 bits per heavy atom. The van der Waals surface area contributed by atoms with Crippen LogP contribution in [0.25, 0.3) is 0 Å². The summed E-state index contributed by atoms with van der Waals surface area (Å²) in [6.45, 7) is 2.85. The van der Waals surface area contributed by atoms with Crippen LogP contribution in [0.2, 0.25) is 0 Å². The second-order valence-corrected chi connectivity index (χ2v) is 5.50. The zero-order chi connectivity index (χ0) is 14.3. The Morgan fingerprint density at radius 1 is 1.50 bits per heavy atom. The number of amides is 1. The predicted molar refractivity (Wildman–Crippen MR) is 77.1 cm³/mol. The van der Waals surface area contributed by atoms with Crippen LogP contribution < -0.4 is 9.64 Å². The fourth-order valence-corrected chi connectivity index (χ4v) is 2.69. The summed E-state index contributed by atoms with van der Waals surface area (Å²) in [5, 5.41) is 4.20. The van der Waals surface area contributed by atoms with Crippen molar-refractivity contribution in [2.45, 2.75) is 6.92 Å². The van der Waals surface area contributed by atoms with E-state index in [4.69, 9.17) is 4.74 Å². The van der Waals surface area contributed by atoms with Gasteiger partial charge in [-0.1, -0.05) is 0 Å². The molecular weight excluding hydrogens is 324 g/mol. The lowest BCUT2D eigenvalue weighted by molar-refractivity contribution is 0.0969. The highest BCUT2D eigenvalue weighted by Crippen LogP contribution is 2.31. The van der Waals surface area contributed by atoms with E-state index in [2.05, 4.69) is 26.0 Å². The number of carbonyl (C=O) groups excluding carboxylic acids is 1. The summed E-state index contributed by atoms with van der Waals surface area (Å²) >= 11 is 3.36. The van der Waals surface area contributed by atoms with Crippen LogP contribution in [-0.2, 0) is 7.05 Å². The van der Waals surface area contributed by atoms with E-state index in [1.807, 2.05) is 13.0 Å². The number of aryl methyl sites for hydroxylation is 2. The number of ether oxygens (including phenoxy) is 1. The first-order valence-electron chi connectivity index (χ1n) is 6.16. The largest absolute Gasteiger partial charge is 0.474 e. The molecular formula is C13H13BrN4O2. The predicted octanol–water partition coefficient (Wildman–Crippen LogP) is 1.93. The van der Waals surface area contributed by atoms with Gasteiger partial charge >= 0.3 is 0 Å². The van der Waals surface area contributed by atoms with E-state index in [9.17, 15) is 4.79 Å². The molecule has 2 aromatic heterocycles. The second-order valence-electron chi connectivity index (χ2n) is 4.64. The molecule has 0 saturated carbocycles. The number of hydrogen-bond acceptors (Lipinski definition) is 4. The molecule has 0 aromatic carbocycles. The van der Waals surface area contributed by atoms with E-state index >= 15 is 0 Å². The summed E-state index contributed by atoms with van der Waals surface area (Å²) in [7, 11) is 1.78. The van der Waals surface area contributed by atoms with Gasteiger partial charge in [-0.05, 0) is 34.5 Å². The lowest BCUT2D eigenvalue weighted by Crippen LogP contribution is -2.38. The molecule has 0 saturated heterocycles. The zero-order valence-corrected chi connectivity index (χ0v) is 12.7. The molecule has 1 aliphatic heterocycles. The molecule has 1 amide bonds. The average Bonchev–Trinajstić information content (AvgIpc) is 2.76. The number of anilines is 1. The fraction of sp³-hybridized carbons (Fsp3) is 0.308. The van der Waals surface area contributed by atoms with Gasteiger partial charge < -0.3 is 4.74 Å². The standard InChI is InChI=1S/C13H13BrN4O2/c1-8-5-10-12(15-6-8)20-4-3-18(10)13(19)11-9(14)7-17(2)16-11/h5-7H,3-4H2,1-2H3. The van der Waals surface area contributed by atoms with Crippen molar-refractivity contribution in [1.29, 1.82) is 0 Å². The van der Waals surface area contributed by atoms with E-state index < -0.39 is 0 Å². The van der Waals surface area contributed by atoms with Crippen molar-refractivity contribution in [3.63, 3.8) is 0 Å². The number of nitrogens with zero attached hydrogens (tertiary/aromatic N) is 4. The van der Waals surface area contributed by atoms with Crippen LogP contribution >= 0.6 is 15.9 Å². The van der Waals surface area contributed by atoms with Crippen LogP contribution in [0.3, 0.4) is 0 Å². The van der Waals surface area contributed by atoms with Crippen LogP contribution in [0.4, 0.5) is 5.69 Å². The molecule has 3 rings (SSSR count). The summed E-state index contributed by atoms with van der Waals surface area (Å²) in [6, 6.07) is 1.90. The minimum Gasteiger partial charge on any atom is -0.474 e. The topological polar surface area (TPSA) is 60.2 Å². The molecule has 3 heterocycles.